The van der Waals surface area contributed by atoms with E-state index in [1.54, 1.807) is 55.3 Å². The van der Waals surface area contributed by atoms with E-state index in [9.17, 15) is 14.9 Å². The van der Waals surface area contributed by atoms with Gasteiger partial charge in [-0.25, -0.2) is 9.48 Å². The molecule has 2 aromatic rings. The fourth-order valence-corrected chi connectivity index (χ4v) is 3.59. The Balaban J connectivity index is 1.64. The second kappa shape index (κ2) is 8.26. The maximum atomic E-state index is 12.8. The molecule has 1 heterocycles. The van der Waals surface area contributed by atoms with Crippen molar-refractivity contribution < 1.29 is 14.3 Å². The molecular weight excluding hydrogens is 356 g/mol. The van der Waals surface area contributed by atoms with Gasteiger partial charge in [-0.3, -0.25) is 4.79 Å². The van der Waals surface area contributed by atoms with Gasteiger partial charge >= 0.3 is 5.97 Å². The van der Waals surface area contributed by atoms with Crippen LogP contribution in [-0.2, 0) is 9.53 Å². The van der Waals surface area contributed by atoms with E-state index in [-0.39, 0.29) is 5.91 Å². The van der Waals surface area contributed by atoms with Gasteiger partial charge in [0.05, 0.1) is 17.3 Å². The molecule has 0 saturated heterocycles. The lowest BCUT2D eigenvalue weighted by Crippen LogP contribution is -2.53. The summed E-state index contributed by atoms with van der Waals surface area (Å²) >= 11 is 0. The highest BCUT2D eigenvalue weighted by molar-refractivity contribution is 5.92. The Bertz CT molecular complexity index is 862. The molecule has 146 valence electrons. The lowest BCUT2D eigenvalue weighted by Gasteiger charge is -2.39. The molecule has 0 bridgehead atoms. The van der Waals surface area contributed by atoms with Crippen molar-refractivity contribution in [2.45, 2.75) is 50.7 Å². The van der Waals surface area contributed by atoms with Crippen LogP contribution in [0.5, 0.6) is 0 Å². The molecule has 3 rings (SSSR count). The van der Waals surface area contributed by atoms with Crippen LogP contribution in [0, 0.1) is 11.3 Å². The highest BCUT2D eigenvalue weighted by Crippen LogP contribution is 2.33. The van der Waals surface area contributed by atoms with Crippen LogP contribution in [0.2, 0.25) is 0 Å². The van der Waals surface area contributed by atoms with Crippen molar-refractivity contribution in [3.05, 3.63) is 48.3 Å². The molecule has 1 atom stereocenters. The van der Waals surface area contributed by atoms with Gasteiger partial charge in [0, 0.05) is 19.4 Å². The summed E-state index contributed by atoms with van der Waals surface area (Å²) in [4.78, 5) is 26.7. The van der Waals surface area contributed by atoms with Crippen molar-refractivity contribution in [2.24, 2.45) is 0 Å². The molecule has 1 aliphatic rings. The summed E-state index contributed by atoms with van der Waals surface area (Å²) in [6.07, 6.45) is 6.74. The predicted octanol–water partition coefficient (Wildman–Crippen LogP) is 3.10. The zero-order valence-electron chi connectivity index (χ0n) is 16.2. The Labute approximate surface area is 164 Å². The zero-order valence-corrected chi connectivity index (χ0v) is 16.2. The molecule has 0 radical (unpaired) electrons. The molecule has 1 aromatic heterocycles. The van der Waals surface area contributed by atoms with Gasteiger partial charge in [-0.15, -0.1) is 0 Å². The number of esters is 1. The summed E-state index contributed by atoms with van der Waals surface area (Å²) in [7, 11) is 1.63. The van der Waals surface area contributed by atoms with Crippen LogP contribution >= 0.6 is 0 Å². The summed E-state index contributed by atoms with van der Waals surface area (Å²) in [5, 5.41) is 13.8. The van der Waals surface area contributed by atoms with E-state index < -0.39 is 17.6 Å². The van der Waals surface area contributed by atoms with Gasteiger partial charge in [0.15, 0.2) is 6.10 Å². The Morgan fingerprint density at radius 2 is 1.93 bits per heavy atom. The molecule has 1 amide bonds. The number of benzene rings is 1. The predicted molar refractivity (Wildman–Crippen MR) is 103 cm³/mol. The van der Waals surface area contributed by atoms with Crippen LogP contribution in [0.4, 0.5) is 0 Å². The number of likely N-dealkylation sites (N-methyl/N-ethyl adjacent to an activating group) is 1. The van der Waals surface area contributed by atoms with E-state index in [1.165, 1.54) is 4.90 Å². The van der Waals surface area contributed by atoms with Crippen LogP contribution in [0.3, 0.4) is 0 Å². The summed E-state index contributed by atoms with van der Waals surface area (Å²) in [5.74, 6) is -0.930. The van der Waals surface area contributed by atoms with E-state index in [4.69, 9.17) is 4.74 Å². The fraction of sp³-hybridized carbons (Fsp3) is 0.429. The van der Waals surface area contributed by atoms with Crippen LogP contribution in [-0.4, -0.2) is 45.2 Å². The first-order valence-corrected chi connectivity index (χ1v) is 9.47. The number of rotatable bonds is 5. The maximum Gasteiger partial charge on any atom is 0.338 e. The van der Waals surface area contributed by atoms with Crippen LogP contribution < -0.4 is 0 Å². The molecule has 7 nitrogen and oxygen atoms in total. The third kappa shape index (κ3) is 3.91. The molecule has 1 aromatic carbocycles. The van der Waals surface area contributed by atoms with Crippen LogP contribution in [0.15, 0.2) is 42.7 Å². The summed E-state index contributed by atoms with van der Waals surface area (Å²) in [6.45, 7) is 1.54. The Hall–Kier alpha value is -3.14. The van der Waals surface area contributed by atoms with Crippen LogP contribution in [0.1, 0.15) is 49.4 Å². The Kier molecular flexibility index (Phi) is 5.78. The smallest absolute Gasteiger partial charge is 0.338 e. The number of carbonyl (C=O) groups excluding carboxylic acids is 2. The molecule has 1 fully saturated rings. The molecule has 7 heteroatoms. The second-order valence-corrected chi connectivity index (χ2v) is 7.15. The number of aromatic nitrogens is 2. The van der Waals surface area contributed by atoms with E-state index in [2.05, 4.69) is 11.2 Å². The first-order chi connectivity index (χ1) is 13.5. The molecule has 1 aliphatic carbocycles. The summed E-state index contributed by atoms with van der Waals surface area (Å²) in [6, 6.07) is 10.9. The third-order valence-corrected chi connectivity index (χ3v) is 5.36. The van der Waals surface area contributed by atoms with Crippen molar-refractivity contribution in [1.29, 1.82) is 5.26 Å². The minimum absolute atomic E-state index is 0.353. The quantitative estimate of drug-likeness (QED) is 0.744. The standard InChI is InChI=1S/C21H24N4O3/c1-16(19(26)24(2)21(15-22)11-4-3-5-12-21)28-20(27)17-7-9-18(10-8-17)25-14-6-13-23-25/h6-10,13-14,16H,3-5,11-12H2,1-2H3/t16-/m0/s1. The minimum Gasteiger partial charge on any atom is -0.449 e. The summed E-state index contributed by atoms with van der Waals surface area (Å²) < 4.78 is 7.05. The van der Waals surface area contributed by atoms with Crippen molar-refractivity contribution in [2.75, 3.05) is 7.05 Å². The van der Waals surface area contributed by atoms with Gasteiger partial charge in [0.2, 0.25) is 0 Å². The Morgan fingerprint density at radius 1 is 1.25 bits per heavy atom. The SMILES string of the molecule is C[C@H](OC(=O)c1ccc(-n2cccn2)cc1)C(=O)N(C)C1(C#N)CCCCC1. The summed E-state index contributed by atoms with van der Waals surface area (Å²) in [5.41, 5.74) is 0.367. The molecule has 0 unspecified atom stereocenters. The molecule has 0 aliphatic heterocycles. The first-order valence-electron chi connectivity index (χ1n) is 9.47. The highest BCUT2D eigenvalue weighted by Gasteiger charge is 2.40. The minimum atomic E-state index is -0.963. The van der Waals surface area contributed by atoms with E-state index in [0.717, 1.165) is 24.9 Å². The number of ether oxygens (including phenoxy) is 1. The van der Waals surface area contributed by atoms with Crippen molar-refractivity contribution >= 4 is 11.9 Å². The van der Waals surface area contributed by atoms with Gasteiger partial charge in [-0.1, -0.05) is 19.3 Å². The molecule has 0 spiro atoms. The molecule has 0 N–H and O–H groups in total. The fourth-order valence-electron chi connectivity index (χ4n) is 3.59. The first kappa shape index (κ1) is 19.6. The average molecular weight is 380 g/mol. The zero-order chi connectivity index (χ0) is 20.1. The number of nitriles is 1. The van der Waals surface area contributed by atoms with Crippen molar-refractivity contribution in [3.63, 3.8) is 0 Å². The normalized spacial score (nSPS) is 16.6. The van der Waals surface area contributed by atoms with Gasteiger partial charge in [-0.05, 0) is 50.1 Å². The van der Waals surface area contributed by atoms with Gasteiger partial charge in [0.1, 0.15) is 5.54 Å². The van der Waals surface area contributed by atoms with E-state index in [0.29, 0.717) is 18.4 Å². The van der Waals surface area contributed by atoms with Gasteiger partial charge < -0.3 is 9.64 Å². The third-order valence-electron chi connectivity index (χ3n) is 5.36. The van der Waals surface area contributed by atoms with Crippen molar-refractivity contribution in [1.82, 2.24) is 14.7 Å². The average Bonchev–Trinajstić information content (AvgIpc) is 3.28. The highest BCUT2D eigenvalue weighted by atomic mass is 16.5. The van der Waals surface area contributed by atoms with E-state index in [1.807, 2.05) is 6.07 Å². The van der Waals surface area contributed by atoms with Crippen molar-refractivity contribution in [3.8, 4) is 11.8 Å². The number of nitrogens with zero attached hydrogens (tertiary/aromatic N) is 4. The molecule has 28 heavy (non-hydrogen) atoms. The Morgan fingerprint density at radius 3 is 2.50 bits per heavy atom. The maximum absolute atomic E-state index is 12.8. The lowest BCUT2D eigenvalue weighted by molar-refractivity contribution is -0.143. The number of hydrogen-bond donors (Lipinski definition) is 0. The largest absolute Gasteiger partial charge is 0.449 e. The van der Waals surface area contributed by atoms with Gasteiger partial charge in [-0.2, -0.15) is 10.4 Å². The van der Waals surface area contributed by atoms with Crippen LogP contribution in [0.25, 0.3) is 5.69 Å². The number of carbonyl (C=O) groups is 2. The van der Waals surface area contributed by atoms with E-state index >= 15 is 0 Å². The molecule has 1 saturated carbocycles. The lowest BCUT2D eigenvalue weighted by atomic mass is 9.81. The number of hydrogen-bond acceptors (Lipinski definition) is 5. The van der Waals surface area contributed by atoms with Gasteiger partial charge in [0.25, 0.3) is 5.91 Å². The second-order valence-electron chi connectivity index (χ2n) is 7.15. The number of amides is 1. The topological polar surface area (TPSA) is 88.2 Å². The molecular formula is C21H24N4O3. The monoisotopic (exact) mass is 380 g/mol.